The van der Waals surface area contributed by atoms with Gasteiger partial charge in [-0.15, -0.1) is 0 Å². The number of hydrogen-bond acceptors (Lipinski definition) is 9. The van der Waals surface area contributed by atoms with Crippen molar-refractivity contribution < 1.29 is 29.6 Å². The van der Waals surface area contributed by atoms with Crippen molar-refractivity contribution in [1.82, 2.24) is 19.5 Å². The molecule has 0 aliphatic carbocycles. The number of benzene rings is 1. The zero-order chi connectivity index (χ0) is 22.1. The highest BCUT2D eigenvalue weighted by Gasteiger charge is 2.44. The molecule has 2 aromatic heterocycles. The number of fused-ring (bicyclic) bond motifs is 1. The summed E-state index contributed by atoms with van der Waals surface area (Å²) in [5.41, 5.74) is 0.332. The highest BCUT2D eigenvalue weighted by atomic mass is 16.6. The number of imidazole rings is 1. The third-order valence-corrected chi connectivity index (χ3v) is 4.84. The Morgan fingerprint density at radius 1 is 1.35 bits per heavy atom. The predicted molar refractivity (Wildman–Crippen MR) is 106 cm³/mol. The Morgan fingerprint density at radius 3 is 2.87 bits per heavy atom. The molecule has 1 fully saturated rings. The SMILES string of the molecule is Cc1cccc(OCC(=O)Nc2nc3c(ncn3[C@H]3O[C@@H](CO)[C@@H](O)[C@H]3O)c(=O)[nH]2)c1. The van der Waals surface area contributed by atoms with Gasteiger partial charge in [-0.25, -0.2) is 4.98 Å². The lowest BCUT2D eigenvalue weighted by Gasteiger charge is -2.16. The molecule has 5 N–H and O–H groups in total. The fraction of sp³-hybridized carbons (Fsp3) is 0.368. The fourth-order valence-electron chi connectivity index (χ4n) is 3.30. The number of rotatable bonds is 6. The maximum atomic E-state index is 12.3. The number of carbonyl (C=O) groups is 1. The van der Waals surface area contributed by atoms with Gasteiger partial charge in [0.1, 0.15) is 24.1 Å². The molecule has 1 aliphatic rings. The van der Waals surface area contributed by atoms with Gasteiger partial charge in [-0.2, -0.15) is 4.98 Å². The summed E-state index contributed by atoms with van der Waals surface area (Å²) in [6.07, 6.45) is -3.61. The zero-order valence-electron chi connectivity index (χ0n) is 16.4. The molecule has 1 saturated heterocycles. The Bertz CT molecular complexity index is 1160. The summed E-state index contributed by atoms with van der Waals surface area (Å²) in [6.45, 7) is 1.09. The minimum absolute atomic E-state index is 0.0218. The molecule has 31 heavy (non-hydrogen) atoms. The predicted octanol–water partition coefficient (Wildman–Crippen LogP) is -0.943. The minimum atomic E-state index is -1.38. The number of anilines is 1. The number of carbonyl (C=O) groups excluding carboxylic acids is 1. The molecule has 1 aromatic carbocycles. The lowest BCUT2D eigenvalue weighted by molar-refractivity contribution is -0.118. The van der Waals surface area contributed by atoms with E-state index in [0.717, 1.165) is 5.56 Å². The van der Waals surface area contributed by atoms with Crippen LogP contribution in [0.5, 0.6) is 5.75 Å². The van der Waals surface area contributed by atoms with E-state index < -0.39 is 42.6 Å². The lowest BCUT2D eigenvalue weighted by Crippen LogP contribution is -2.33. The van der Waals surface area contributed by atoms with Crippen molar-refractivity contribution in [2.75, 3.05) is 18.5 Å². The first-order chi connectivity index (χ1) is 14.9. The second kappa shape index (κ2) is 8.43. The second-order valence-corrected chi connectivity index (χ2v) is 7.12. The van der Waals surface area contributed by atoms with Crippen LogP contribution in [0.2, 0.25) is 0 Å². The lowest BCUT2D eigenvalue weighted by atomic mass is 10.1. The Hall–Kier alpha value is -3.32. The summed E-state index contributed by atoms with van der Waals surface area (Å²) >= 11 is 0. The van der Waals surface area contributed by atoms with E-state index in [1.807, 2.05) is 13.0 Å². The van der Waals surface area contributed by atoms with Crippen LogP contribution in [0.1, 0.15) is 11.8 Å². The van der Waals surface area contributed by atoms with Gasteiger partial charge in [0, 0.05) is 0 Å². The molecular formula is C19H21N5O7. The molecule has 0 radical (unpaired) electrons. The number of ether oxygens (including phenoxy) is 2. The zero-order valence-corrected chi connectivity index (χ0v) is 16.4. The van der Waals surface area contributed by atoms with E-state index in [4.69, 9.17) is 9.47 Å². The first-order valence-electron chi connectivity index (χ1n) is 9.46. The van der Waals surface area contributed by atoms with E-state index in [0.29, 0.717) is 5.75 Å². The van der Waals surface area contributed by atoms with Gasteiger partial charge < -0.3 is 24.8 Å². The number of aromatic amines is 1. The number of nitrogens with one attached hydrogen (secondary N) is 2. The van der Waals surface area contributed by atoms with E-state index in [1.165, 1.54) is 10.9 Å². The average molecular weight is 431 g/mol. The van der Waals surface area contributed by atoms with E-state index in [9.17, 15) is 24.9 Å². The number of amides is 1. The van der Waals surface area contributed by atoms with Crippen molar-refractivity contribution in [2.24, 2.45) is 0 Å². The smallest absolute Gasteiger partial charge is 0.280 e. The van der Waals surface area contributed by atoms with Crippen LogP contribution in [0.3, 0.4) is 0 Å². The van der Waals surface area contributed by atoms with Crippen LogP contribution in [0.25, 0.3) is 11.2 Å². The van der Waals surface area contributed by atoms with Crippen LogP contribution >= 0.6 is 0 Å². The topological polar surface area (TPSA) is 172 Å². The summed E-state index contributed by atoms with van der Waals surface area (Å²) in [4.78, 5) is 35.1. The molecule has 3 aromatic rings. The first-order valence-corrected chi connectivity index (χ1v) is 9.46. The van der Waals surface area contributed by atoms with E-state index in [-0.39, 0.29) is 23.7 Å². The van der Waals surface area contributed by atoms with Crippen LogP contribution in [0.15, 0.2) is 35.4 Å². The molecule has 1 amide bonds. The highest BCUT2D eigenvalue weighted by Crippen LogP contribution is 2.30. The van der Waals surface area contributed by atoms with Crippen LogP contribution in [-0.2, 0) is 9.53 Å². The molecule has 0 bridgehead atoms. The summed E-state index contributed by atoms with van der Waals surface area (Å²) in [5.74, 6) is -0.179. The third kappa shape index (κ3) is 4.14. The van der Waals surface area contributed by atoms with Crippen molar-refractivity contribution in [3.63, 3.8) is 0 Å². The molecule has 4 atom stereocenters. The van der Waals surface area contributed by atoms with Crippen molar-refractivity contribution in [2.45, 2.75) is 31.5 Å². The maximum Gasteiger partial charge on any atom is 0.280 e. The number of aromatic nitrogens is 4. The first kappa shape index (κ1) is 20.9. The normalized spacial score (nSPS) is 23.2. The van der Waals surface area contributed by atoms with E-state index >= 15 is 0 Å². The standard InChI is InChI=1S/C19H21N5O7/c1-9-3-2-4-10(5-9)30-7-12(26)21-19-22-16-13(17(29)23-19)20-8-24(16)18-15(28)14(27)11(6-25)31-18/h2-5,8,11,14-15,18,25,27-28H,6-7H2,1H3,(H2,21,22,23,26,29)/t11-,14+,15+,18-/m0/s1. The molecule has 12 heteroatoms. The summed E-state index contributed by atoms with van der Waals surface area (Å²) < 4.78 is 12.1. The molecule has 164 valence electrons. The van der Waals surface area contributed by atoms with Gasteiger partial charge in [-0.05, 0) is 24.6 Å². The van der Waals surface area contributed by atoms with Crippen molar-refractivity contribution in [3.05, 3.63) is 46.5 Å². The van der Waals surface area contributed by atoms with Gasteiger partial charge in [-0.3, -0.25) is 24.5 Å². The van der Waals surface area contributed by atoms with Crippen LogP contribution < -0.4 is 15.6 Å². The summed E-state index contributed by atoms with van der Waals surface area (Å²) in [5, 5.41) is 31.9. The summed E-state index contributed by atoms with van der Waals surface area (Å²) in [7, 11) is 0. The number of H-pyrrole nitrogens is 1. The Labute approximate surface area is 175 Å². The number of aliphatic hydroxyl groups is 3. The second-order valence-electron chi connectivity index (χ2n) is 7.12. The molecular weight excluding hydrogens is 410 g/mol. The molecule has 3 heterocycles. The Morgan fingerprint density at radius 2 is 2.16 bits per heavy atom. The number of hydrogen-bond donors (Lipinski definition) is 5. The average Bonchev–Trinajstić information content (AvgIpc) is 3.28. The molecule has 0 unspecified atom stereocenters. The Kier molecular flexibility index (Phi) is 5.69. The van der Waals surface area contributed by atoms with Gasteiger partial charge in [0.15, 0.2) is 24.0 Å². The highest BCUT2D eigenvalue weighted by molar-refractivity contribution is 5.90. The van der Waals surface area contributed by atoms with Gasteiger partial charge in [0.05, 0.1) is 12.9 Å². The van der Waals surface area contributed by atoms with E-state index in [2.05, 4.69) is 20.3 Å². The largest absolute Gasteiger partial charge is 0.484 e. The quantitative estimate of drug-likeness (QED) is 0.330. The van der Waals surface area contributed by atoms with Crippen molar-refractivity contribution in [1.29, 1.82) is 0 Å². The van der Waals surface area contributed by atoms with Gasteiger partial charge in [0.2, 0.25) is 5.95 Å². The molecule has 0 saturated carbocycles. The van der Waals surface area contributed by atoms with Crippen LogP contribution in [-0.4, -0.2) is 72.3 Å². The molecule has 4 rings (SSSR count). The monoisotopic (exact) mass is 431 g/mol. The number of aryl methyl sites for hydroxylation is 1. The summed E-state index contributed by atoms with van der Waals surface area (Å²) in [6, 6.07) is 7.19. The van der Waals surface area contributed by atoms with Crippen molar-refractivity contribution >= 4 is 23.0 Å². The minimum Gasteiger partial charge on any atom is -0.484 e. The molecule has 12 nitrogen and oxygen atoms in total. The van der Waals surface area contributed by atoms with Crippen molar-refractivity contribution in [3.8, 4) is 5.75 Å². The van der Waals surface area contributed by atoms with Gasteiger partial charge in [0.25, 0.3) is 11.5 Å². The van der Waals surface area contributed by atoms with Crippen LogP contribution in [0.4, 0.5) is 5.95 Å². The number of aliphatic hydroxyl groups excluding tert-OH is 3. The van der Waals surface area contributed by atoms with Crippen LogP contribution in [0, 0.1) is 6.92 Å². The number of nitrogens with zero attached hydrogens (tertiary/aromatic N) is 3. The van der Waals surface area contributed by atoms with E-state index in [1.54, 1.807) is 18.2 Å². The molecule has 0 spiro atoms. The maximum absolute atomic E-state index is 12.3. The van der Waals surface area contributed by atoms with Gasteiger partial charge >= 0.3 is 0 Å². The third-order valence-electron chi connectivity index (χ3n) is 4.84. The molecule has 1 aliphatic heterocycles. The Balaban J connectivity index is 1.54. The van der Waals surface area contributed by atoms with Gasteiger partial charge in [-0.1, -0.05) is 12.1 Å². The fourth-order valence-corrected chi connectivity index (χ4v) is 3.30.